The molecule has 0 aliphatic carbocycles. The van der Waals surface area contributed by atoms with Crippen molar-refractivity contribution in [1.29, 1.82) is 0 Å². The molecule has 0 atom stereocenters. The van der Waals surface area contributed by atoms with Crippen LogP contribution in [0.1, 0.15) is 11.4 Å². The number of methoxy groups -OCH3 is 1. The Balaban J connectivity index is 2.60. The number of aromatic nitrogens is 2. The maximum atomic E-state index is 5.26. The van der Waals surface area contributed by atoms with Crippen LogP contribution in [0.3, 0.4) is 0 Å². The topological polar surface area (TPSA) is 35.0 Å². The molecule has 0 saturated heterocycles. The molecule has 0 aliphatic rings. The van der Waals surface area contributed by atoms with E-state index in [0.29, 0.717) is 5.88 Å². The second-order valence-electron chi connectivity index (χ2n) is 3.62. The molecule has 1 aromatic carbocycles. The van der Waals surface area contributed by atoms with Crippen molar-refractivity contribution in [3.8, 4) is 17.1 Å². The SMILES string of the molecule is COc1nc(C)c(C)nc1-c1ccccc1. The maximum Gasteiger partial charge on any atom is 0.240 e. The average Bonchev–Trinajstić information content (AvgIpc) is 2.33. The van der Waals surface area contributed by atoms with Crippen molar-refractivity contribution in [3.63, 3.8) is 0 Å². The molecule has 2 aromatic rings. The van der Waals surface area contributed by atoms with Crippen LogP contribution in [0.15, 0.2) is 30.3 Å². The Kier molecular flexibility index (Phi) is 2.86. The molecule has 0 spiro atoms. The predicted octanol–water partition coefficient (Wildman–Crippen LogP) is 2.77. The van der Waals surface area contributed by atoms with Crippen molar-refractivity contribution in [2.24, 2.45) is 0 Å². The first-order valence-corrected chi connectivity index (χ1v) is 5.17. The van der Waals surface area contributed by atoms with E-state index in [-0.39, 0.29) is 0 Å². The number of rotatable bonds is 2. The van der Waals surface area contributed by atoms with Gasteiger partial charge in [0.2, 0.25) is 5.88 Å². The van der Waals surface area contributed by atoms with Gasteiger partial charge in [0.1, 0.15) is 5.69 Å². The molecule has 0 unspecified atom stereocenters. The first-order chi connectivity index (χ1) is 7.72. The quantitative estimate of drug-likeness (QED) is 0.771. The van der Waals surface area contributed by atoms with Crippen LogP contribution < -0.4 is 4.74 Å². The standard InChI is InChI=1S/C13H14N2O/c1-9-10(2)15-13(16-3)12(14-9)11-7-5-4-6-8-11/h4-8H,1-3H3. The molecule has 0 N–H and O–H groups in total. The summed E-state index contributed by atoms with van der Waals surface area (Å²) in [7, 11) is 1.62. The van der Waals surface area contributed by atoms with Crippen LogP contribution in [0, 0.1) is 13.8 Å². The average molecular weight is 214 g/mol. The van der Waals surface area contributed by atoms with Gasteiger partial charge in [0.15, 0.2) is 0 Å². The molecule has 82 valence electrons. The summed E-state index contributed by atoms with van der Waals surface area (Å²) < 4.78 is 5.26. The number of ether oxygens (including phenoxy) is 1. The van der Waals surface area contributed by atoms with Gasteiger partial charge in [-0.15, -0.1) is 0 Å². The molecule has 0 fully saturated rings. The van der Waals surface area contributed by atoms with Gasteiger partial charge in [0, 0.05) is 5.56 Å². The summed E-state index contributed by atoms with van der Waals surface area (Å²) in [5.41, 5.74) is 3.65. The normalized spacial score (nSPS) is 10.2. The van der Waals surface area contributed by atoms with Gasteiger partial charge in [-0.05, 0) is 13.8 Å². The van der Waals surface area contributed by atoms with Crippen molar-refractivity contribution in [1.82, 2.24) is 9.97 Å². The molecule has 0 saturated carbocycles. The fourth-order valence-corrected chi connectivity index (χ4v) is 1.51. The fraction of sp³-hybridized carbons (Fsp3) is 0.231. The summed E-state index contributed by atoms with van der Waals surface area (Å²) >= 11 is 0. The van der Waals surface area contributed by atoms with Crippen LogP contribution in [-0.2, 0) is 0 Å². The zero-order valence-electron chi connectivity index (χ0n) is 9.69. The molecular formula is C13H14N2O. The lowest BCUT2D eigenvalue weighted by atomic mass is 10.1. The van der Waals surface area contributed by atoms with Gasteiger partial charge >= 0.3 is 0 Å². The summed E-state index contributed by atoms with van der Waals surface area (Å²) in [6.07, 6.45) is 0. The molecule has 3 nitrogen and oxygen atoms in total. The fourth-order valence-electron chi connectivity index (χ4n) is 1.51. The molecular weight excluding hydrogens is 200 g/mol. The van der Waals surface area contributed by atoms with E-state index >= 15 is 0 Å². The van der Waals surface area contributed by atoms with Crippen LogP contribution in [-0.4, -0.2) is 17.1 Å². The smallest absolute Gasteiger partial charge is 0.240 e. The Morgan fingerprint density at radius 2 is 1.56 bits per heavy atom. The van der Waals surface area contributed by atoms with Gasteiger partial charge < -0.3 is 4.74 Å². The highest BCUT2D eigenvalue weighted by atomic mass is 16.5. The largest absolute Gasteiger partial charge is 0.479 e. The lowest BCUT2D eigenvalue weighted by molar-refractivity contribution is 0.396. The van der Waals surface area contributed by atoms with E-state index in [1.54, 1.807) is 7.11 Å². The zero-order valence-corrected chi connectivity index (χ0v) is 9.69. The lowest BCUT2D eigenvalue weighted by Crippen LogP contribution is -2.00. The lowest BCUT2D eigenvalue weighted by Gasteiger charge is -2.09. The minimum atomic E-state index is 0.578. The van der Waals surface area contributed by atoms with Crippen molar-refractivity contribution in [3.05, 3.63) is 41.7 Å². The van der Waals surface area contributed by atoms with Gasteiger partial charge in [0.25, 0.3) is 0 Å². The Labute approximate surface area is 95.1 Å². The summed E-state index contributed by atoms with van der Waals surface area (Å²) in [6, 6.07) is 9.93. The van der Waals surface area contributed by atoms with Crippen molar-refractivity contribution >= 4 is 0 Å². The molecule has 1 heterocycles. The van der Waals surface area contributed by atoms with E-state index < -0.39 is 0 Å². The van der Waals surface area contributed by atoms with Gasteiger partial charge in [0.05, 0.1) is 18.5 Å². The second kappa shape index (κ2) is 4.31. The van der Waals surface area contributed by atoms with Crippen molar-refractivity contribution in [2.75, 3.05) is 7.11 Å². The first kappa shape index (κ1) is 10.6. The molecule has 0 bridgehead atoms. The first-order valence-electron chi connectivity index (χ1n) is 5.17. The van der Waals surface area contributed by atoms with E-state index in [1.165, 1.54) is 0 Å². The Morgan fingerprint density at radius 1 is 0.938 bits per heavy atom. The number of nitrogens with zero attached hydrogens (tertiary/aromatic N) is 2. The van der Waals surface area contributed by atoms with E-state index in [4.69, 9.17) is 4.74 Å². The van der Waals surface area contributed by atoms with Crippen LogP contribution in [0.2, 0.25) is 0 Å². The molecule has 1 aromatic heterocycles. The Morgan fingerprint density at radius 3 is 2.19 bits per heavy atom. The number of hydrogen-bond acceptors (Lipinski definition) is 3. The van der Waals surface area contributed by atoms with Crippen LogP contribution >= 0.6 is 0 Å². The Bertz CT molecular complexity index is 495. The monoisotopic (exact) mass is 214 g/mol. The van der Waals surface area contributed by atoms with Crippen molar-refractivity contribution < 1.29 is 4.74 Å². The minimum absolute atomic E-state index is 0.578. The number of aryl methyl sites for hydroxylation is 2. The summed E-state index contributed by atoms with van der Waals surface area (Å²) in [5.74, 6) is 0.578. The van der Waals surface area contributed by atoms with Gasteiger partial charge in [-0.25, -0.2) is 9.97 Å². The second-order valence-corrected chi connectivity index (χ2v) is 3.62. The molecule has 3 heteroatoms. The molecule has 0 amide bonds. The maximum absolute atomic E-state index is 5.26. The zero-order chi connectivity index (χ0) is 11.5. The van der Waals surface area contributed by atoms with Gasteiger partial charge in [-0.3, -0.25) is 0 Å². The Hall–Kier alpha value is -1.90. The molecule has 0 aliphatic heterocycles. The minimum Gasteiger partial charge on any atom is -0.479 e. The van der Waals surface area contributed by atoms with E-state index in [2.05, 4.69) is 9.97 Å². The van der Waals surface area contributed by atoms with Gasteiger partial charge in [-0.1, -0.05) is 30.3 Å². The summed E-state index contributed by atoms with van der Waals surface area (Å²) in [4.78, 5) is 8.91. The molecule has 2 rings (SSSR count). The molecule has 16 heavy (non-hydrogen) atoms. The highest BCUT2D eigenvalue weighted by molar-refractivity contribution is 5.64. The third kappa shape index (κ3) is 1.89. The van der Waals surface area contributed by atoms with E-state index in [1.807, 2.05) is 44.2 Å². The van der Waals surface area contributed by atoms with E-state index in [0.717, 1.165) is 22.6 Å². The third-order valence-electron chi connectivity index (χ3n) is 2.52. The summed E-state index contributed by atoms with van der Waals surface area (Å²) in [5, 5.41) is 0. The third-order valence-corrected chi connectivity index (χ3v) is 2.52. The number of benzene rings is 1. The van der Waals surface area contributed by atoms with E-state index in [9.17, 15) is 0 Å². The highest BCUT2D eigenvalue weighted by Crippen LogP contribution is 2.26. The predicted molar refractivity (Wildman–Crippen MR) is 63.5 cm³/mol. The van der Waals surface area contributed by atoms with Crippen molar-refractivity contribution in [2.45, 2.75) is 13.8 Å². The van der Waals surface area contributed by atoms with Gasteiger partial charge in [-0.2, -0.15) is 0 Å². The van der Waals surface area contributed by atoms with Crippen LogP contribution in [0.4, 0.5) is 0 Å². The molecule has 0 radical (unpaired) electrons. The highest BCUT2D eigenvalue weighted by Gasteiger charge is 2.10. The van der Waals surface area contributed by atoms with Crippen LogP contribution in [0.5, 0.6) is 5.88 Å². The van der Waals surface area contributed by atoms with Crippen LogP contribution in [0.25, 0.3) is 11.3 Å². The summed E-state index contributed by atoms with van der Waals surface area (Å²) in [6.45, 7) is 3.88. The number of hydrogen-bond donors (Lipinski definition) is 0.